The summed E-state index contributed by atoms with van der Waals surface area (Å²) in [7, 11) is 0. The molecule has 1 saturated carbocycles. The minimum Gasteiger partial charge on any atom is -0.380 e. The number of rotatable bonds is 2. The van der Waals surface area contributed by atoms with Crippen LogP contribution in [0.1, 0.15) is 19.8 Å². The van der Waals surface area contributed by atoms with Crippen molar-refractivity contribution in [2.45, 2.75) is 25.8 Å². The van der Waals surface area contributed by atoms with Gasteiger partial charge in [0.2, 0.25) is 0 Å². The topological polar surface area (TPSA) is 35.2 Å². The van der Waals surface area contributed by atoms with Crippen LogP contribution in [0.2, 0.25) is 0 Å². The summed E-state index contributed by atoms with van der Waals surface area (Å²) in [6, 6.07) is 0.490. The van der Waals surface area contributed by atoms with Crippen molar-refractivity contribution >= 4 is 0 Å². The van der Waals surface area contributed by atoms with E-state index in [1.54, 1.807) is 0 Å². The third-order valence-corrected chi connectivity index (χ3v) is 3.11. The van der Waals surface area contributed by atoms with Gasteiger partial charge in [-0.3, -0.25) is 0 Å². The van der Waals surface area contributed by atoms with Gasteiger partial charge in [0.25, 0.3) is 0 Å². The summed E-state index contributed by atoms with van der Waals surface area (Å²) in [5, 5.41) is 0. The van der Waals surface area contributed by atoms with Gasteiger partial charge in [0.05, 0.1) is 13.2 Å². The highest BCUT2D eigenvalue weighted by molar-refractivity contribution is 5.05. The molecule has 0 amide bonds. The van der Waals surface area contributed by atoms with Crippen LogP contribution in [0, 0.1) is 11.3 Å². The largest absolute Gasteiger partial charge is 0.380 e. The van der Waals surface area contributed by atoms with Crippen LogP contribution in [-0.4, -0.2) is 19.3 Å². The van der Waals surface area contributed by atoms with Crippen molar-refractivity contribution < 1.29 is 4.74 Å². The van der Waals surface area contributed by atoms with Crippen molar-refractivity contribution in [2.75, 3.05) is 13.2 Å². The normalized spacial score (nSPS) is 42.6. The SMILES string of the molecule is CCC1([C@@H]2C[C@H]2N)COC1. The Labute approximate surface area is 61.7 Å². The van der Waals surface area contributed by atoms with Crippen LogP contribution in [0.3, 0.4) is 0 Å². The van der Waals surface area contributed by atoms with Gasteiger partial charge < -0.3 is 10.5 Å². The molecule has 2 rings (SSSR count). The second-order valence-corrected chi connectivity index (χ2v) is 3.71. The molecule has 0 radical (unpaired) electrons. The van der Waals surface area contributed by atoms with Gasteiger partial charge in [0.15, 0.2) is 0 Å². The van der Waals surface area contributed by atoms with E-state index in [2.05, 4.69) is 6.92 Å². The summed E-state index contributed by atoms with van der Waals surface area (Å²) in [5.41, 5.74) is 6.28. The van der Waals surface area contributed by atoms with E-state index in [0.717, 1.165) is 19.1 Å². The summed E-state index contributed by atoms with van der Waals surface area (Å²) in [6.45, 7) is 4.16. The third kappa shape index (κ3) is 0.722. The average Bonchev–Trinajstić information content (AvgIpc) is 2.46. The van der Waals surface area contributed by atoms with E-state index in [9.17, 15) is 0 Å². The molecule has 2 atom stereocenters. The molecule has 0 bridgehead atoms. The molecule has 1 aliphatic carbocycles. The van der Waals surface area contributed by atoms with Crippen molar-refractivity contribution in [2.24, 2.45) is 17.1 Å². The molecule has 2 aliphatic rings. The second kappa shape index (κ2) is 1.95. The maximum Gasteiger partial charge on any atom is 0.0547 e. The fraction of sp³-hybridized carbons (Fsp3) is 1.00. The molecule has 0 spiro atoms. The summed E-state index contributed by atoms with van der Waals surface area (Å²) in [5.74, 6) is 0.784. The van der Waals surface area contributed by atoms with Gasteiger partial charge in [-0.05, 0) is 18.8 Å². The second-order valence-electron chi connectivity index (χ2n) is 3.71. The zero-order chi connectivity index (χ0) is 7.19. The fourth-order valence-electron chi connectivity index (χ4n) is 1.96. The van der Waals surface area contributed by atoms with Crippen LogP contribution >= 0.6 is 0 Å². The molecular weight excluding hydrogens is 126 g/mol. The Bertz CT molecular complexity index is 137. The average molecular weight is 141 g/mol. The van der Waals surface area contributed by atoms with Crippen molar-refractivity contribution in [1.29, 1.82) is 0 Å². The van der Waals surface area contributed by atoms with E-state index >= 15 is 0 Å². The molecular formula is C8H15NO. The lowest BCUT2D eigenvalue weighted by Gasteiger charge is -2.41. The minimum atomic E-state index is 0.490. The minimum absolute atomic E-state index is 0.490. The smallest absolute Gasteiger partial charge is 0.0547 e. The van der Waals surface area contributed by atoms with Gasteiger partial charge in [0, 0.05) is 11.5 Å². The first-order valence-corrected chi connectivity index (χ1v) is 4.12. The van der Waals surface area contributed by atoms with Crippen LogP contribution < -0.4 is 5.73 Å². The Hall–Kier alpha value is -0.0800. The number of nitrogens with two attached hydrogens (primary N) is 1. The van der Waals surface area contributed by atoms with Crippen LogP contribution in [0.15, 0.2) is 0 Å². The summed E-state index contributed by atoms with van der Waals surface area (Å²) in [4.78, 5) is 0. The molecule has 0 unspecified atom stereocenters. The lowest BCUT2D eigenvalue weighted by atomic mass is 9.78. The number of hydrogen-bond acceptors (Lipinski definition) is 2. The third-order valence-electron chi connectivity index (χ3n) is 3.11. The highest BCUT2D eigenvalue weighted by Crippen LogP contribution is 2.51. The highest BCUT2D eigenvalue weighted by atomic mass is 16.5. The first-order chi connectivity index (χ1) is 4.78. The molecule has 2 heteroatoms. The van der Waals surface area contributed by atoms with E-state index < -0.39 is 0 Å². The van der Waals surface area contributed by atoms with Crippen LogP contribution in [0.5, 0.6) is 0 Å². The predicted octanol–water partition coefficient (Wildman–Crippen LogP) is 0.760. The molecule has 0 aromatic carbocycles. The van der Waals surface area contributed by atoms with E-state index in [1.807, 2.05) is 0 Å². The maximum absolute atomic E-state index is 5.78. The molecule has 10 heavy (non-hydrogen) atoms. The standard InChI is InChI=1S/C8H15NO/c1-2-8(4-10-5-8)6-3-7(6)9/h6-7H,2-5,9H2,1H3/t6-,7-/m1/s1. The Morgan fingerprint density at radius 1 is 1.60 bits per heavy atom. The zero-order valence-electron chi connectivity index (χ0n) is 6.47. The fourth-order valence-corrected chi connectivity index (χ4v) is 1.96. The van der Waals surface area contributed by atoms with Gasteiger partial charge in [-0.2, -0.15) is 0 Å². The van der Waals surface area contributed by atoms with E-state index in [4.69, 9.17) is 10.5 Å². The molecule has 0 aromatic rings. The zero-order valence-corrected chi connectivity index (χ0v) is 6.47. The highest BCUT2D eigenvalue weighted by Gasteiger charge is 2.54. The van der Waals surface area contributed by atoms with Crippen molar-refractivity contribution in [3.05, 3.63) is 0 Å². The molecule has 1 aliphatic heterocycles. The van der Waals surface area contributed by atoms with E-state index in [-0.39, 0.29) is 0 Å². The van der Waals surface area contributed by atoms with Gasteiger partial charge in [-0.25, -0.2) is 0 Å². The Kier molecular flexibility index (Phi) is 1.29. The van der Waals surface area contributed by atoms with Crippen LogP contribution in [0.25, 0.3) is 0 Å². The summed E-state index contributed by atoms with van der Waals surface area (Å²) in [6.07, 6.45) is 2.47. The summed E-state index contributed by atoms with van der Waals surface area (Å²) < 4.78 is 5.22. The van der Waals surface area contributed by atoms with Crippen LogP contribution in [-0.2, 0) is 4.74 Å². The molecule has 0 aromatic heterocycles. The van der Waals surface area contributed by atoms with Crippen molar-refractivity contribution in [3.63, 3.8) is 0 Å². The van der Waals surface area contributed by atoms with Gasteiger partial charge in [-0.1, -0.05) is 6.92 Å². The predicted molar refractivity (Wildman–Crippen MR) is 39.6 cm³/mol. The van der Waals surface area contributed by atoms with Gasteiger partial charge >= 0.3 is 0 Å². The monoisotopic (exact) mass is 141 g/mol. The van der Waals surface area contributed by atoms with Gasteiger partial charge in [0.1, 0.15) is 0 Å². The van der Waals surface area contributed by atoms with Crippen LogP contribution in [0.4, 0.5) is 0 Å². The maximum atomic E-state index is 5.78. The van der Waals surface area contributed by atoms with Gasteiger partial charge in [-0.15, -0.1) is 0 Å². The molecule has 58 valence electrons. The lowest BCUT2D eigenvalue weighted by Crippen LogP contribution is -2.45. The molecule has 2 N–H and O–H groups in total. The van der Waals surface area contributed by atoms with E-state index in [0.29, 0.717) is 11.5 Å². The Balaban J connectivity index is 1.99. The molecule has 2 fully saturated rings. The van der Waals surface area contributed by atoms with E-state index in [1.165, 1.54) is 12.8 Å². The quantitative estimate of drug-likeness (QED) is 0.616. The first-order valence-electron chi connectivity index (χ1n) is 4.12. The Morgan fingerprint density at radius 3 is 2.30 bits per heavy atom. The van der Waals surface area contributed by atoms with Crippen molar-refractivity contribution in [3.8, 4) is 0 Å². The number of ether oxygens (including phenoxy) is 1. The van der Waals surface area contributed by atoms with Crippen molar-refractivity contribution in [1.82, 2.24) is 0 Å². The Morgan fingerprint density at radius 2 is 2.20 bits per heavy atom. The first kappa shape index (κ1) is 6.62. The lowest BCUT2D eigenvalue weighted by molar-refractivity contribution is -0.129. The summed E-state index contributed by atoms with van der Waals surface area (Å²) >= 11 is 0. The molecule has 2 nitrogen and oxygen atoms in total. The molecule has 1 heterocycles. The number of hydrogen-bond donors (Lipinski definition) is 1. The molecule has 1 saturated heterocycles.